The molecule has 3 aromatic carbocycles. The van der Waals surface area contributed by atoms with Crippen molar-refractivity contribution in [1.29, 1.82) is 0 Å². The van der Waals surface area contributed by atoms with Crippen LogP contribution in [-0.4, -0.2) is 21.3 Å². The van der Waals surface area contributed by atoms with Gasteiger partial charge < -0.3 is 14.2 Å². The number of hydrogen-bond acceptors (Lipinski definition) is 3. The Kier molecular flexibility index (Phi) is 6.24. The molecule has 0 aliphatic rings. The Balaban J connectivity index is 1.88. The number of benzene rings is 3. The number of hydrogen-bond donors (Lipinski definition) is 0. The Morgan fingerprint density at radius 1 is 0.500 bits per heavy atom. The fraction of sp³-hybridized carbons (Fsp3) is 0.120. The highest BCUT2D eigenvalue weighted by Crippen LogP contribution is 2.37. The second kappa shape index (κ2) is 9.21. The number of ether oxygens (including phenoxy) is 3. The fourth-order valence-electron chi connectivity index (χ4n) is 2.64. The lowest BCUT2D eigenvalue weighted by molar-refractivity contribution is 0.324. The van der Waals surface area contributed by atoms with E-state index in [9.17, 15) is 0 Å². The molecule has 28 heavy (non-hydrogen) atoms. The lowest BCUT2D eigenvalue weighted by Crippen LogP contribution is -1.95. The molecule has 138 valence electrons. The molecule has 0 fully saturated rings. The summed E-state index contributed by atoms with van der Waals surface area (Å²) < 4.78 is 16.1. The highest BCUT2D eigenvalue weighted by molar-refractivity contribution is 5.58. The predicted octanol–water partition coefficient (Wildman–Crippen LogP) is 4.51. The van der Waals surface area contributed by atoms with Gasteiger partial charge in [0.1, 0.15) is 0 Å². The molecule has 3 heteroatoms. The van der Waals surface area contributed by atoms with Gasteiger partial charge in [0.05, 0.1) is 21.3 Å². The average molecular weight is 368 g/mol. The average Bonchev–Trinajstić information content (AvgIpc) is 2.76. The smallest absolute Gasteiger partial charge is 0.203 e. The molecule has 0 spiro atoms. The maximum absolute atomic E-state index is 5.37. The van der Waals surface area contributed by atoms with Crippen molar-refractivity contribution < 1.29 is 14.2 Å². The predicted molar refractivity (Wildman–Crippen MR) is 111 cm³/mol. The first-order valence-corrected chi connectivity index (χ1v) is 8.72. The van der Waals surface area contributed by atoms with Gasteiger partial charge in [0, 0.05) is 22.3 Å². The molecule has 0 N–H and O–H groups in total. The van der Waals surface area contributed by atoms with Crippen LogP contribution >= 0.6 is 0 Å². The molecule has 3 rings (SSSR count). The van der Waals surface area contributed by atoms with E-state index in [0.29, 0.717) is 17.2 Å². The summed E-state index contributed by atoms with van der Waals surface area (Å²) in [6, 6.07) is 21.4. The van der Waals surface area contributed by atoms with Crippen LogP contribution in [0.4, 0.5) is 0 Å². The lowest BCUT2D eigenvalue weighted by atomic mass is 10.1. The van der Waals surface area contributed by atoms with E-state index in [-0.39, 0.29) is 0 Å². The molecule has 0 bridgehead atoms. The molecule has 0 amide bonds. The van der Waals surface area contributed by atoms with E-state index in [1.54, 1.807) is 21.3 Å². The molecule has 0 aromatic heterocycles. The van der Waals surface area contributed by atoms with Gasteiger partial charge in [-0.3, -0.25) is 0 Å². The first kappa shape index (κ1) is 19.0. The van der Waals surface area contributed by atoms with Crippen LogP contribution in [0.1, 0.15) is 22.3 Å². The standard InChI is InChI=1S/C25H20O3/c1-26-23-17-22(18-24(27-2)25(23)28-3)15-14-21-11-7-10-20(16-21)13-12-19-8-5-4-6-9-19/h4-11,16-18H,1-3H3. The molecule has 3 nitrogen and oxygen atoms in total. The maximum Gasteiger partial charge on any atom is 0.203 e. The van der Waals surface area contributed by atoms with Gasteiger partial charge in [0.15, 0.2) is 11.5 Å². The van der Waals surface area contributed by atoms with Crippen molar-refractivity contribution in [3.05, 3.63) is 89.0 Å². The van der Waals surface area contributed by atoms with Crippen molar-refractivity contribution in [3.8, 4) is 40.9 Å². The van der Waals surface area contributed by atoms with Gasteiger partial charge in [0.2, 0.25) is 5.75 Å². The first-order chi connectivity index (χ1) is 13.7. The fourth-order valence-corrected chi connectivity index (χ4v) is 2.64. The zero-order valence-corrected chi connectivity index (χ0v) is 16.1. The van der Waals surface area contributed by atoms with Crippen LogP contribution in [-0.2, 0) is 0 Å². The van der Waals surface area contributed by atoms with Crippen molar-refractivity contribution in [2.24, 2.45) is 0 Å². The molecule has 0 saturated carbocycles. The highest BCUT2D eigenvalue weighted by atomic mass is 16.5. The van der Waals surface area contributed by atoms with E-state index in [0.717, 1.165) is 22.3 Å². The van der Waals surface area contributed by atoms with Crippen LogP contribution in [0.3, 0.4) is 0 Å². The lowest BCUT2D eigenvalue weighted by Gasteiger charge is -2.12. The molecule has 0 aliphatic heterocycles. The van der Waals surface area contributed by atoms with Gasteiger partial charge in [-0.25, -0.2) is 0 Å². The van der Waals surface area contributed by atoms with Crippen LogP contribution in [0, 0.1) is 23.7 Å². The zero-order chi connectivity index (χ0) is 19.8. The largest absolute Gasteiger partial charge is 0.493 e. The maximum atomic E-state index is 5.37. The van der Waals surface area contributed by atoms with E-state index >= 15 is 0 Å². The second-order valence-electron chi connectivity index (χ2n) is 5.86. The minimum absolute atomic E-state index is 0.550. The first-order valence-electron chi connectivity index (χ1n) is 8.72. The van der Waals surface area contributed by atoms with Crippen LogP contribution in [0.25, 0.3) is 0 Å². The summed E-state index contributed by atoms with van der Waals surface area (Å²) in [5.41, 5.74) is 3.56. The van der Waals surface area contributed by atoms with Gasteiger partial charge in [0.25, 0.3) is 0 Å². The van der Waals surface area contributed by atoms with Gasteiger partial charge in [-0.1, -0.05) is 47.9 Å². The SMILES string of the molecule is COc1cc(C#Cc2cccc(C#Cc3ccccc3)c2)cc(OC)c1OC. The molecular formula is C25H20O3. The van der Waals surface area contributed by atoms with Crippen molar-refractivity contribution in [2.75, 3.05) is 21.3 Å². The van der Waals surface area contributed by atoms with Crippen LogP contribution in [0.5, 0.6) is 17.2 Å². The molecular weight excluding hydrogens is 348 g/mol. The second-order valence-corrected chi connectivity index (χ2v) is 5.86. The van der Waals surface area contributed by atoms with E-state index in [1.165, 1.54) is 0 Å². The quantitative estimate of drug-likeness (QED) is 0.637. The Hall–Kier alpha value is -3.82. The summed E-state index contributed by atoms with van der Waals surface area (Å²) >= 11 is 0. The molecule has 0 atom stereocenters. The normalized spacial score (nSPS) is 9.39. The van der Waals surface area contributed by atoms with E-state index in [2.05, 4.69) is 23.7 Å². The van der Waals surface area contributed by atoms with E-state index in [1.807, 2.05) is 66.7 Å². The van der Waals surface area contributed by atoms with Crippen LogP contribution in [0.2, 0.25) is 0 Å². The van der Waals surface area contributed by atoms with Crippen molar-refractivity contribution in [2.45, 2.75) is 0 Å². The Labute approximate surface area is 165 Å². The van der Waals surface area contributed by atoms with Crippen LogP contribution < -0.4 is 14.2 Å². The monoisotopic (exact) mass is 368 g/mol. The topological polar surface area (TPSA) is 27.7 Å². The summed E-state index contributed by atoms with van der Waals surface area (Å²) in [7, 11) is 4.75. The Morgan fingerprint density at radius 3 is 1.54 bits per heavy atom. The third-order valence-electron chi connectivity index (χ3n) is 4.00. The van der Waals surface area contributed by atoms with Crippen molar-refractivity contribution in [1.82, 2.24) is 0 Å². The van der Waals surface area contributed by atoms with Gasteiger partial charge in [-0.15, -0.1) is 0 Å². The Morgan fingerprint density at radius 2 is 1.00 bits per heavy atom. The number of rotatable bonds is 3. The summed E-state index contributed by atoms with van der Waals surface area (Å²) in [5, 5.41) is 0. The van der Waals surface area contributed by atoms with Gasteiger partial charge in [-0.2, -0.15) is 0 Å². The molecule has 0 aliphatic carbocycles. The zero-order valence-electron chi connectivity index (χ0n) is 16.1. The molecule has 0 heterocycles. The molecule has 0 radical (unpaired) electrons. The van der Waals surface area contributed by atoms with Crippen molar-refractivity contribution >= 4 is 0 Å². The van der Waals surface area contributed by atoms with Crippen molar-refractivity contribution in [3.63, 3.8) is 0 Å². The van der Waals surface area contributed by atoms with Crippen LogP contribution in [0.15, 0.2) is 66.7 Å². The minimum atomic E-state index is 0.550. The summed E-state index contributed by atoms with van der Waals surface area (Å²) in [5.74, 6) is 14.4. The summed E-state index contributed by atoms with van der Waals surface area (Å²) in [4.78, 5) is 0. The third kappa shape index (κ3) is 4.67. The minimum Gasteiger partial charge on any atom is -0.493 e. The highest BCUT2D eigenvalue weighted by Gasteiger charge is 2.12. The van der Waals surface area contributed by atoms with Gasteiger partial charge in [-0.05, 0) is 42.5 Å². The third-order valence-corrected chi connectivity index (χ3v) is 4.00. The summed E-state index contributed by atoms with van der Waals surface area (Å²) in [6.07, 6.45) is 0. The molecule has 0 unspecified atom stereocenters. The van der Waals surface area contributed by atoms with E-state index < -0.39 is 0 Å². The molecule has 3 aromatic rings. The molecule has 0 saturated heterocycles. The summed E-state index contributed by atoms with van der Waals surface area (Å²) in [6.45, 7) is 0. The van der Waals surface area contributed by atoms with Gasteiger partial charge >= 0.3 is 0 Å². The Bertz CT molecular complexity index is 1050. The number of methoxy groups -OCH3 is 3. The van der Waals surface area contributed by atoms with E-state index in [4.69, 9.17) is 14.2 Å².